The van der Waals surface area contributed by atoms with E-state index in [1.807, 2.05) is 13.0 Å². The van der Waals surface area contributed by atoms with Gasteiger partial charge in [-0.15, -0.1) is 0 Å². The lowest BCUT2D eigenvalue weighted by Gasteiger charge is -2.16. The number of carbonyl (C=O) groups excluding carboxylic acids is 1. The van der Waals surface area contributed by atoms with E-state index in [2.05, 4.69) is 41.2 Å². The van der Waals surface area contributed by atoms with E-state index in [1.54, 1.807) is 7.11 Å². The number of amides is 1. The maximum atomic E-state index is 10.9. The molecule has 4 heteroatoms. The highest BCUT2D eigenvalue weighted by Gasteiger charge is 2.11. The third-order valence-electron chi connectivity index (χ3n) is 2.73. The van der Waals surface area contributed by atoms with Gasteiger partial charge in [0.1, 0.15) is 5.75 Å². The molecule has 17 heavy (non-hydrogen) atoms. The lowest BCUT2D eigenvalue weighted by Crippen LogP contribution is -2.16. The summed E-state index contributed by atoms with van der Waals surface area (Å²) in [5, 5.41) is 2.74. The van der Waals surface area contributed by atoms with Crippen molar-refractivity contribution in [3.8, 4) is 5.75 Å². The molecular weight excluding hydrogens is 282 g/mol. The summed E-state index contributed by atoms with van der Waals surface area (Å²) in [5.41, 5.74) is 3.40. The number of aryl methyl sites for hydroxylation is 1. The van der Waals surface area contributed by atoms with Gasteiger partial charge in [0.25, 0.3) is 4.82 Å². The van der Waals surface area contributed by atoms with Gasteiger partial charge >= 0.3 is 0 Å². The Morgan fingerprint density at radius 2 is 2.12 bits per heavy atom. The van der Waals surface area contributed by atoms with Crippen molar-refractivity contribution in [3.63, 3.8) is 0 Å². The molecule has 0 spiro atoms. The molecule has 1 aromatic carbocycles. The average Bonchev–Trinajstić information content (AvgIpc) is 2.26. The van der Waals surface area contributed by atoms with Crippen molar-refractivity contribution in [2.45, 2.75) is 33.2 Å². The maximum absolute atomic E-state index is 10.9. The molecule has 0 unspecified atom stereocenters. The Balaban J connectivity index is 3.06. The van der Waals surface area contributed by atoms with E-state index in [1.165, 1.54) is 0 Å². The number of benzene rings is 1. The zero-order valence-electron chi connectivity index (χ0n) is 10.6. The number of rotatable bonds is 4. The van der Waals surface area contributed by atoms with Gasteiger partial charge in [0.2, 0.25) is 0 Å². The van der Waals surface area contributed by atoms with Crippen LogP contribution in [0.25, 0.3) is 0 Å². The largest absolute Gasteiger partial charge is 0.496 e. The van der Waals surface area contributed by atoms with E-state index in [0.29, 0.717) is 12.5 Å². The van der Waals surface area contributed by atoms with Gasteiger partial charge in [-0.1, -0.05) is 13.8 Å². The van der Waals surface area contributed by atoms with Crippen LogP contribution in [0.5, 0.6) is 5.75 Å². The van der Waals surface area contributed by atoms with Gasteiger partial charge in [0.15, 0.2) is 0 Å². The van der Waals surface area contributed by atoms with E-state index < -0.39 is 0 Å². The predicted octanol–water partition coefficient (Wildman–Crippen LogP) is 3.73. The minimum Gasteiger partial charge on any atom is -0.496 e. The fourth-order valence-corrected chi connectivity index (χ4v) is 1.87. The minimum atomic E-state index is -0.196. The number of carbonyl (C=O) groups is 1. The molecule has 3 nitrogen and oxygen atoms in total. The minimum absolute atomic E-state index is 0.196. The Morgan fingerprint density at radius 1 is 1.47 bits per heavy atom. The van der Waals surface area contributed by atoms with Crippen molar-refractivity contribution < 1.29 is 9.53 Å². The first-order chi connectivity index (χ1) is 7.95. The highest BCUT2D eigenvalue weighted by molar-refractivity contribution is 9.18. The molecule has 94 valence electrons. The van der Waals surface area contributed by atoms with Crippen LogP contribution in [0.2, 0.25) is 0 Å². The summed E-state index contributed by atoms with van der Waals surface area (Å²) in [6.07, 6.45) is 0. The highest BCUT2D eigenvalue weighted by Crippen LogP contribution is 2.29. The van der Waals surface area contributed by atoms with Crippen molar-refractivity contribution in [1.82, 2.24) is 5.32 Å². The Morgan fingerprint density at radius 3 is 2.59 bits per heavy atom. The van der Waals surface area contributed by atoms with E-state index >= 15 is 0 Å². The molecule has 0 aliphatic rings. The Kier molecular flexibility index (Phi) is 5.00. The summed E-state index contributed by atoms with van der Waals surface area (Å²) in [7, 11) is 1.68. The van der Waals surface area contributed by atoms with Gasteiger partial charge in [0.05, 0.1) is 7.11 Å². The van der Waals surface area contributed by atoms with Crippen LogP contribution < -0.4 is 10.1 Å². The second kappa shape index (κ2) is 6.05. The van der Waals surface area contributed by atoms with E-state index in [0.717, 1.165) is 22.4 Å². The molecule has 0 saturated heterocycles. The van der Waals surface area contributed by atoms with Gasteiger partial charge in [0, 0.05) is 22.5 Å². The molecule has 1 N–H and O–H groups in total. The summed E-state index contributed by atoms with van der Waals surface area (Å²) in [6, 6.07) is 4.12. The number of halogens is 1. The van der Waals surface area contributed by atoms with Crippen LogP contribution >= 0.6 is 15.9 Å². The second-order valence-corrected chi connectivity index (χ2v) is 5.02. The van der Waals surface area contributed by atoms with E-state index in [4.69, 9.17) is 4.74 Å². The molecule has 0 bridgehead atoms. The molecule has 0 aliphatic heterocycles. The molecule has 0 fully saturated rings. The van der Waals surface area contributed by atoms with E-state index in [9.17, 15) is 4.79 Å². The molecule has 0 aliphatic carbocycles. The lowest BCUT2D eigenvalue weighted by atomic mass is 9.96. The molecule has 0 atom stereocenters. The fourth-order valence-electron chi connectivity index (χ4n) is 1.73. The van der Waals surface area contributed by atoms with Crippen molar-refractivity contribution >= 4 is 20.7 Å². The van der Waals surface area contributed by atoms with Gasteiger partial charge in [-0.2, -0.15) is 0 Å². The Bertz CT molecular complexity index is 416. The number of ether oxygens (including phenoxy) is 1. The van der Waals surface area contributed by atoms with Crippen LogP contribution in [0.4, 0.5) is 4.79 Å². The standard InChI is InChI=1S/C13H18BrNO2/c1-8(2)11-6-10(7-15-13(14)16)9(3)5-12(11)17-4/h5-6,8H,7H2,1-4H3,(H,15,16). The first-order valence-corrected chi connectivity index (χ1v) is 6.35. The van der Waals surface area contributed by atoms with Crippen LogP contribution in [0, 0.1) is 6.92 Å². The number of nitrogens with one attached hydrogen (secondary N) is 1. The zero-order chi connectivity index (χ0) is 13.0. The normalized spacial score (nSPS) is 10.5. The van der Waals surface area contributed by atoms with Gasteiger partial charge < -0.3 is 10.1 Å². The van der Waals surface area contributed by atoms with Crippen molar-refractivity contribution in [1.29, 1.82) is 0 Å². The van der Waals surface area contributed by atoms with Crippen LogP contribution in [-0.2, 0) is 6.54 Å². The third kappa shape index (κ3) is 3.73. The van der Waals surface area contributed by atoms with Gasteiger partial charge in [-0.25, -0.2) is 0 Å². The molecule has 1 amide bonds. The smallest absolute Gasteiger partial charge is 0.287 e. The maximum Gasteiger partial charge on any atom is 0.287 e. The summed E-state index contributed by atoms with van der Waals surface area (Å²) in [6.45, 7) is 6.79. The van der Waals surface area contributed by atoms with E-state index in [-0.39, 0.29) is 4.82 Å². The Labute approximate surface area is 111 Å². The lowest BCUT2D eigenvalue weighted by molar-refractivity contribution is 0.261. The van der Waals surface area contributed by atoms with Crippen LogP contribution in [0.15, 0.2) is 12.1 Å². The number of hydrogen-bond donors (Lipinski definition) is 1. The molecule has 0 heterocycles. The molecular formula is C13H18BrNO2. The topological polar surface area (TPSA) is 38.3 Å². The van der Waals surface area contributed by atoms with Crippen LogP contribution in [-0.4, -0.2) is 11.9 Å². The molecule has 0 radical (unpaired) electrons. The van der Waals surface area contributed by atoms with Crippen molar-refractivity contribution in [3.05, 3.63) is 28.8 Å². The quantitative estimate of drug-likeness (QED) is 0.679. The zero-order valence-corrected chi connectivity index (χ0v) is 12.2. The third-order valence-corrected chi connectivity index (χ3v) is 3.01. The van der Waals surface area contributed by atoms with Gasteiger partial charge in [-0.3, -0.25) is 4.79 Å². The van der Waals surface area contributed by atoms with Crippen molar-refractivity contribution in [2.75, 3.05) is 7.11 Å². The number of methoxy groups -OCH3 is 1. The van der Waals surface area contributed by atoms with Crippen LogP contribution in [0.1, 0.15) is 36.5 Å². The SMILES string of the molecule is COc1cc(C)c(CNC(=O)Br)cc1C(C)C. The molecule has 0 saturated carbocycles. The average molecular weight is 300 g/mol. The highest BCUT2D eigenvalue weighted by atomic mass is 79.9. The summed E-state index contributed by atoms with van der Waals surface area (Å²) < 4.78 is 5.37. The fraction of sp³-hybridized carbons (Fsp3) is 0.462. The predicted molar refractivity (Wildman–Crippen MR) is 73.0 cm³/mol. The summed E-state index contributed by atoms with van der Waals surface area (Å²) in [4.78, 5) is 10.7. The van der Waals surface area contributed by atoms with Crippen LogP contribution in [0.3, 0.4) is 0 Å². The van der Waals surface area contributed by atoms with Crippen molar-refractivity contribution in [2.24, 2.45) is 0 Å². The van der Waals surface area contributed by atoms with Gasteiger partial charge in [-0.05, 0) is 41.7 Å². The summed E-state index contributed by atoms with van der Waals surface area (Å²) in [5.74, 6) is 1.30. The molecule has 1 rings (SSSR count). The number of hydrogen-bond acceptors (Lipinski definition) is 2. The molecule has 1 aromatic rings. The molecule has 0 aromatic heterocycles. The monoisotopic (exact) mass is 299 g/mol. The summed E-state index contributed by atoms with van der Waals surface area (Å²) >= 11 is 2.86. The first kappa shape index (κ1) is 14.0. The first-order valence-electron chi connectivity index (χ1n) is 5.56. The Hall–Kier alpha value is -1.03. The second-order valence-electron chi connectivity index (χ2n) is 4.30.